The van der Waals surface area contributed by atoms with Gasteiger partial charge in [-0.1, -0.05) is 18.2 Å². The van der Waals surface area contributed by atoms with E-state index in [1.807, 2.05) is 20.2 Å². The molecule has 2 aromatic heterocycles. The third-order valence-corrected chi connectivity index (χ3v) is 6.00. The Balaban J connectivity index is 1.54. The van der Waals surface area contributed by atoms with Gasteiger partial charge in [0, 0.05) is 16.8 Å². The van der Waals surface area contributed by atoms with Crippen molar-refractivity contribution in [3.05, 3.63) is 59.0 Å². The topological polar surface area (TPSA) is 58.1 Å². The minimum Gasteiger partial charge on any atom is -0.350 e. The fourth-order valence-corrected chi connectivity index (χ4v) is 4.57. The number of nitrogens with one attached hydrogen (secondary N) is 1. The van der Waals surface area contributed by atoms with Crippen LogP contribution in [0.1, 0.15) is 22.0 Å². The third kappa shape index (κ3) is 3.21. The van der Waals surface area contributed by atoms with Crippen LogP contribution < -0.4 is 5.32 Å². The molecule has 0 unspecified atom stereocenters. The smallest absolute Gasteiger partial charge is 0.251 e. The van der Waals surface area contributed by atoms with E-state index < -0.39 is 0 Å². The van der Waals surface area contributed by atoms with Crippen molar-refractivity contribution in [3.63, 3.8) is 0 Å². The lowest BCUT2D eigenvalue weighted by molar-refractivity contribution is 0.0942. The number of nitrogens with zero attached hydrogens (tertiary/aromatic N) is 3. The van der Waals surface area contributed by atoms with E-state index in [4.69, 9.17) is 0 Å². The first kappa shape index (κ1) is 17.1. The van der Waals surface area contributed by atoms with E-state index in [-0.39, 0.29) is 11.9 Å². The number of amides is 1. The summed E-state index contributed by atoms with van der Waals surface area (Å²) in [6.07, 6.45) is 0. The van der Waals surface area contributed by atoms with E-state index in [1.165, 1.54) is 15.6 Å². The molecule has 4 aromatic rings. The Morgan fingerprint density at radius 2 is 1.96 bits per heavy atom. The Morgan fingerprint density at radius 3 is 2.81 bits per heavy atom. The first-order valence-electron chi connectivity index (χ1n) is 8.26. The number of carbonyl (C=O) groups excluding carboxylic acids is 1. The maximum atomic E-state index is 12.6. The van der Waals surface area contributed by atoms with Crippen molar-refractivity contribution in [2.75, 3.05) is 20.6 Å². The van der Waals surface area contributed by atoms with Crippen LogP contribution in [0.2, 0.25) is 0 Å². The van der Waals surface area contributed by atoms with Crippen LogP contribution in [-0.4, -0.2) is 40.2 Å². The van der Waals surface area contributed by atoms with E-state index in [1.54, 1.807) is 23.5 Å². The van der Waals surface area contributed by atoms with E-state index in [0.29, 0.717) is 12.1 Å². The van der Waals surface area contributed by atoms with Crippen LogP contribution in [0.3, 0.4) is 0 Å². The molecule has 1 atom stereocenters. The minimum absolute atomic E-state index is 0.0914. The van der Waals surface area contributed by atoms with E-state index in [2.05, 4.69) is 48.6 Å². The average Bonchev–Trinajstić information content (AvgIpc) is 3.28. The van der Waals surface area contributed by atoms with Crippen molar-refractivity contribution in [3.8, 4) is 0 Å². The first-order valence-corrected chi connectivity index (χ1v) is 9.87. The summed E-state index contributed by atoms with van der Waals surface area (Å²) in [5.41, 5.74) is 3.44. The number of thiophene rings is 1. The number of hydrogen-bond acceptors (Lipinski definition) is 6. The van der Waals surface area contributed by atoms with Crippen molar-refractivity contribution in [2.24, 2.45) is 0 Å². The van der Waals surface area contributed by atoms with Gasteiger partial charge in [0.1, 0.15) is 11.0 Å². The van der Waals surface area contributed by atoms with Gasteiger partial charge < -0.3 is 10.2 Å². The predicted molar refractivity (Wildman–Crippen MR) is 108 cm³/mol. The summed E-state index contributed by atoms with van der Waals surface area (Å²) in [7, 11) is 4.08. The fraction of sp³-hybridized carbons (Fsp3) is 0.211. The number of carbonyl (C=O) groups is 1. The Morgan fingerprint density at radius 1 is 1.15 bits per heavy atom. The molecule has 1 amide bonds. The summed E-state index contributed by atoms with van der Waals surface area (Å²) in [6, 6.07) is 13.9. The second kappa shape index (κ2) is 7.11. The highest BCUT2D eigenvalue weighted by Gasteiger charge is 2.19. The molecule has 4 rings (SSSR count). The molecule has 7 heteroatoms. The second-order valence-electron chi connectivity index (χ2n) is 6.34. The van der Waals surface area contributed by atoms with Crippen molar-refractivity contribution < 1.29 is 4.79 Å². The zero-order valence-electron chi connectivity index (χ0n) is 14.5. The lowest BCUT2D eigenvalue weighted by Crippen LogP contribution is -2.34. The van der Waals surface area contributed by atoms with Crippen LogP contribution in [0.5, 0.6) is 0 Å². The molecule has 0 aliphatic heterocycles. The molecule has 0 saturated heterocycles. The number of likely N-dealkylation sites (N-methyl/N-ethyl adjacent to an activating group) is 1. The normalized spacial score (nSPS) is 12.7. The molecular formula is C19H18N4OS2. The molecule has 2 aromatic carbocycles. The summed E-state index contributed by atoms with van der Waals surface area (Å²) in [4.78, 5) is 14.7. The highest BCUT2D eigenvalue weighted by atomic mass is 32.1. The molecule has 0 spiro atoms. The van der Waals surface area contributed by atoms with Crippen LogP contribution in [0, 0.1) is 0 Å². The number of rotatable bonds is 5. The number of aromatic nitrogens is 2. The highest BCUT2D eigenvalue weighted by molar-refractivity contribution is 7.17. The summed E-state index contributed by atoms with van der Waals surface area (Å²) < 4.78 is 9.64. The minimum atomic E-state index is -0.0914. The molecular weight excluding hydrogens is 364 g/mol. The van der Waals surface area contributed by atoms with Crippen LogP contribution in [0.25, 0.3) is 21.1 Å². The van der Waals surface area contributed by atoms with E-state index >= 15 is 0 Å². The third-order valence-electron chi connectivity index (χ3n) is 4.47. The molecule has 0 radical (unpaired) electrons. The lowest BCUT2D eigenvalue weighted by atomic mass is 10.0. The Kier molecular flexibility index (Phi) is 4.67. The molecule has 1 N–H and O–H groups in total. The molecule has 0 fully saturated rings. The molecule has 2 heterocycles. The molecule has 0 aliphatic rings. The van der Waals surface area contributed by atoms with Gasteiger partial charge in [0.2, 0.25) is 0 Å². The van der Waals surface area contributed by atoms with Crippen LogP contribution >= 0.6 is 23.1 Å². The van der Waals surface area contributed by atoms with Crippen LogP contribution in [-0.2, 0) is 0 Å². The SMILES string of the molecule is CN(C)[C@H](CNC(=O)c1ccc2nsnc2c1)c1csc2ccccc12. The standard InChI is InChI=1S/C19H18N4OS2/c1-23(2)17(14-11-25-18-6-4-3-5-13(14)18)10-20-19(24)12-7-8-15-16(9-12)22-26-21-15/h3-9,11,17H,10H2,1-2H3,(H,20,24)/t17-/m1/s1. The van der Waals surface area contributed by atoms with Crippen molar-refractivity contribution >= 4 is 50.1 Å². The van der Waals surface area contributed by atoms with Gasteiger partial charge in [-0.2, -0.15) is 8.75 Å². The highest BCUT2D eigenvalue weighted by Crippen LogP contribution is 2.32. The molecule has 0 saturated carbocycles. The van der Waals surface area contributed by atoms with Gasteiger partial charge in [-0.15, -0.1) is 11.3 Å². The van der Waals surface area contributed by atoms with Gasteiger partial charge in [0.15, 0.2) is 0 Å². The molecule has 26 heavy (non-hydrogen) atoms. The molecule has 0 bridgehead atoms. The number of benzene rings is 2. The van der Waals surface area contributed by atoms with Crippen molar-refractivity contribution in [1.82, 2.24) is 19.0 Å². The largest absolute Gasteiger partial charge is 0.350 e. The predicted octanol–water partition coefficient (Wildman–Crippen LogP) is 3.94. The quantitative estimate of drug-likeness (QED) is 0.568. The first-order chi connectivity index (χ1) is 12.6. The van der Waals surface area contributed by atoms with E-state index in [9.17, 15) is 4.79 Å². The summed E-state index contributed by atoms with van der Waals surface area (Å²) in [5, 5.41) is 6.51. The summed E-state index contributed by atoms with van der Waals surface area (Å²) >= 11 is 2.90. The average molecular weight is 383 g/mol. The van der Waals surface area contributed by atoms with Crippen molar-refractivity contribution in [1.29, 1.82) is 0 Å². The van der Waals surface area contributed by atoms with Gasteiger partial charge in [0.05, 0.1) is 17.8 Å². The Bertz CT molecular complexity index is 1070. The number of fused-ring (bicyclic) bond motifs is 2. The zero-order chi connectivity index (χ0) is 18.1. The van der Waals surface area contributed by atoms with Gasteiger partial charge in [-0.3, -0.25) is 4.79 Å². The summed E-state index contributed by atoms with van der Waals surface area (Å²) in [5.74, 6) is -0.0914. The Hall–Kier alpha value is -2.35. The van der Waals surface area contributed by atoms with Crippen molar-refractivity contribution in [2.45, 2.75) is 6.04 Å². The summed E-state index contributed by atoms with van der Waals surface area (Å²) in [6.45, 7) is 0.542. The van der Waals surface area contributed by atoms with Gasteiger partial charge in [-0.25, -0.2) is 0 Å². The fourth-order valence-electron chi connectivity index (χ4n) is 3.04. The number of hydrogen-bond donors (Lipinski definition) is 1. The van der Waals surface area contributed by atoms with Gasteiger partial charge in [-0.05, 0) is 54.7 Å². The monoisotopic (exact) mass is 382 g/mol. The second-order valence-corrected chi connectivity index (χ2v) is 7.78. The van der Waals surface area contributed by atoms with Gasteiger partial charge >= 0.3 is 0 Å². The van der Waals surface area contributed by atoms with Crippen LogP contribution in [0.15, 0.2) is 47.8 Å². The lowest BCUT2D eigenvalue weighted by Gasteiger charge is -2.24. The zero-order valence-corrected chi connectivity index (χ0v) is 16.1. The molecule has 0 aliphatic carbocycles. The molecule has 5 nitrogen and oxygen atoms in total. The van der Waals surface area contributed by atoms with E-state index in [0.717, 1.165) is 22.8 Å². The van der Waals surface area contributed by atoms with Gasteiger partial charge in [0.25, 0.3) is 5.91 Å². The maximum Gasteiger partial charge on any atom is 0.251 e. The molecule has 132 valence electrons. The van der Waals surface area contributed by atoms with Crippen LogP contribution in [0.4, 0.5) is 0 Å². The Labute approximate surface area is 159 Å². The maximum absolute atomic E-state index is 12.6.